The molecule has 2 atom stereocenters. The van der Waals surface area contributed by atoms with Crippen molar-refractivity contribution >= 4 is 23.4 Å². The second-order valence-corrected chi connectivity index (χ2v) is 9.79. The Morgan fingerprint density at radius 2 is 1.93 bits per heavy atom. The Morgan fingerprint density at radius 3 is 2.75 bits per heavy atom. The molecule has 1 saturated carbocycles. The highest BCUT2D eigenvalue weighted by atomic mass is 32.2. The van der Waals surface area contributed by atoms with Crippen LogP contribution in [0.25, 0.3) is 0 Å². The van der Waals surface area contributed by atoms with Gasteiger partial charge in [0.25, 0.3) is 0 Å². The van der Waals surface area contributed by atoms with Gasteiger partial charge in [0, 0.05) is 67.7 Å². The van der Waals surface area contributed by atoms with E-state index in [0.29, 0.717) is 12.0 Å². The van der Waals surface area contributed by atoms with E-state index >= 15 is 0 Å². The number of aryl methyl sites for hydroxylation is 1. The highest BCUT2D eigenvalue weighted by molar-refractivity contribution is 8.00. The molecule has 150 valence electrons. The summed E-state index contributed by atoms with van der Waals surface area (Å²) in [5.74, 6) is 3.99. The van der Waals surface area contributed by atoms with E-state index in [0.717, 1.165) is 43.7 Å². The van der Waals surface area contributed by atoms with Gasteiger partial charge in [0.15, 0.2) is 0 Å². The zero-order valence-electron chi connectivity index (χ0n) is 16.9. The number of aromatic nitrogens is 4. The molecule has 7 heteroatoms. The van der Waals surface area contributed by atoms with Crippen LogP contribution in [-0.2, 0) is 7.05 Å². The maximum atomic E-state index is 4.68. The Labute approximate surface area is 171 Å². The van der Waals surface area contributed by atoms with Crippen LogP contribution in [0.4, 0.5) is 11.6 Å². The van der Waals surface area contributed by atoms with Crippen LogP contribution in [0.5, 0.6) is 0 Å². The Morgan fingerprint density at radius 1 is 1.07 bits per heavy atom. The van der Waals surface area contributed by atoms with Gasteiger partial charge in [-0.15, -0.1) is 10.2 Å². The molecule has 0 aromatic carbocycles. The van der Waals surface area contributed by atoms with Gasteiger partial charge in [-0.2, -0.15) is 11.8 Å². The molecule has 3 fully saturated rings. The highest BCUT2D eigenvalue weighted by Gasteiger charge is 2.38. The molecule has 1 aliphatic carbocycles. The number of piperidine rings is 1. The number of anilines is 2. The molecule has 3 aliphatic rings. The minimum Gasteiger partial charge on any atom is -0.371 e. The van der Waals surface area contributed by atoms with Crippen LogP contribution < -0.4 is 9.80 Å². The van der Waals surface area contributed by atoms with E-state index in [9.17, 15) is 0 Å². The molecule has 2 aromatic rings. The molecule has 0 amide bonds. The Kier molecular flexibility index (Phi) is 4.95. The van der Waals surface area contributed by atoms with Crippen LogP contribution in [0.2, 0.25) is 0 Å². The molecule has 0 spiro atoms. The number of hydrogen-bond donors (Lipinski definition) is 0. The van der Waals surface area contributed by atoms with Gasteiger partial charge in [-0.3, -0.25) is 4.98 Å². The van der Waals surface area contributed by atoms with Crippen LogP contribution >= 0.6 is 11.8 Å². The van der Waals surface area contributed by atoms with E-state index < -0.39 is 0 Å². The van der Waals surface area contributed by atoms with Gasteiger partial charge < -0.3 is 14.4 Å². The predicted octanol–water partition coefficient (Wildman–Crippen LogP) is 3.38. The summed E-state index contributed by atoms with van der Waals surface area (Å²) in [6.07, 6.45) is 10.2. The third-order valence-electron chi connectivity index (χ3n) is 6.82. The molecule has 2 aromatic heterocycles. The average Bonchev–Trinajstić information content (AvgIpc) is 3.35. The van der Waals surface area contributed by atoms with Gasteiger partial charge in [0.05, 0.1) is 0 Å². The van der Waals surface area contributed by atoms with Crippen LogP contribution in [0, 0.1) is 6.92 Å². The number of hydrogen-bond acceptors (Lipinski definition) is 6. The topological polar surface area (TPSA) is 50.1 Å². The molecular weight excluding hydrogens is 368 g/mol. The first-order valence-corrected chi connectivity index (χ1v) is 11.7. The number of nitrogens with zero attached hydrogens (tertiary/aromatic N) is 6. The van der Waals surface area contributed by atoms with Crippen molar-refractivity contribution in [2.24, 2.45) is 7.05 Å². The van der Waals surface area contributed by atoms with Gasteiger partial charge in [0.2, 0.25) is 5.95 Å². The van der Waals surface area contributed by atoms with Crippen LogP contribution in [0.15, 0.2) is 18.5 Å². The summed E-state index contributed by atoms with van der Waals surface area (Å²) in [4.78, 5) is 9.28. The largest absolute Gasteiger partial charge is 0.371 e. The lowest BCUT2D eigenvalue weighted by Crippen LogP contribution is -2.46. The Balaban J connectivity index is 1.30. The molecular formula is C21H30N6S. The fourth-order valence-electron chi connectivity index (χ4n) is 5.31. The molecule has 5 rings (SSSR count). The van der Waals surface area contributed by atoms with Crippen LogP contribution in [0.3, 0.4) is 0 Å². The SMILES string of the molecule is Cc1cnccc1N1CCC(c2nnc(N3CCSC4CCCC43)n2C)CC1. The molecule has 0 N–H and O–H groups in total. The minimum absolute atomic E-state index is 0.503. The molecule has 2 aliphatic heterocycles. The zero-order valence-corrected chi connectivity index (χ0v) is 17.7. The maximum absolute atomic E-state index is 4.68. The first kappa shape index (κ1) is 18.3. The van der Waals surface area contributed by atoms with Crippen molar-refractivity contribution in [3.05, 3.63) is 29.8 Å². The molecule has 2 saturated heterocycles. The molecule has 2 unspecified atom stereocenters. The third-order valence-corrected chi connectivity index (χ3v) is 8.21. The van der Waals surface area contributed by atoms with E-state index in [4.69, 9.17) is 0 Å². The van der Waals surface area contributed by atoms with Gasteiger partial charge in [0.1, 0.15) is 5.82 Å². The summed E-state index contributed by atoms with van der Waals surface area (Å²) in [6, 6.07) is 2.80. The van der Waals surface area contributed by atoms with E-state index in [1.807, 2.05) is 12.4 Å². The first-order valence-electron chi connectivity index (χ1n) is 10.7. The second-order valence-electron chi connectivity index (χ2n) is 8.44. The number of thioether (sulfide) groups is 1. The van der Waals surface area contributed by atoms with Crippen molar-refractivity contribution in [2.75, 3.05) is 35.2 Å². The lowest BCUT2D eigenvalue weighted by molar-refractivity contribution is 0.472. The standard InChI is InChI=1S/C21H30N6S/c1-15-14-22-9-6-17(15)26-10-7-16(8-11-26)20-23-24-21(25(20)2)27-12-13-28-19-5-3-4-18(19)27/h6,9,14,16,18-19H,3-5,7-8,10-13H2,1-2H3. The zero-order chi connectivity index (χ0) is 19.1. The average molecular weight is 399 g/mol. The number of rotatable bonds is 3. The molecule has 6 nitrogen and oxygen atoms in total. The van der Waals surface area contributed by atoms with Crippen molar-refractivity contribution in [1.82, 2.24) is 19.7 Å². The predicted molar refractivity (Wildman–Crippen MR) is 115 cm³/mol. The molecule has 0 bridgehead atoms. The summed E-state index contributed by atoms with van der Waals surface area (Å²) in [7, 11) is 2.18. The van der Waals surface area contributed by atoms with E-state index in [-0.39, 0.29) is 0 Å². The Bertz CT molecular complexity index is 828. The number of pyridine rings is 1. The van der Waals surface area contributed by atoms with Gasteiger partial charge in [-0.05, 0) is 44.2 Å². The lowest BCUT2D eigenvalue weighted by atomic mass is 9.95. The lowest BCUT2D eigenvalue weighted by Gasteiger charge is -2.38. The summed E-state index contributed by atoms with van der Waals surface area (Å²) in [5.41, 5.74) is 2.58. The van der Waals surface area contributed by atoms with Crippen LogP contribution in [0.1, 0.15) is 49.4 Å². The fraction of sp³-hybridized carbons (Fsp3) is 0.667. The smallest absolute Gasteiger partial charge is 0.227 e. The van der Waals surface area contributed by atoms with Crippen molar-refractivity contribution in [3.8, 4) is 0 Å². The molecule has 0 radical (unpaired) electrons. The van der Waals surface area contributed by atoms with Gasteiger partial charge in [-0.25, -0.2) is 0 Å². The third kappa shape index (κ3) is 3.17. The minimum atomic E-state index is 0.503. The van der Waals surface area contributed by atoms with Crippen molar-refractivity contribution in [2.45, 2.75) is 56.2 Å². The summed E-state index contributed by atoms with van der Waals surface area (Å²) in [5, 5.41) is 10.1. The van der Waals surface area contributed by atoms with E-state index in [2.05, 4.69) is 61.3 Å². The van der Waals surface area contributed by atoms with Crippen molar-refractivity contribution in [1.29, 1.82) is 0 Å². The van der Waals surface area contributed by atoms with Gasteiger partial charge in [-0.1, -0.05) is 6.42 Å². The molecule has 28 heavy (non-hydrogen) atoms. The van der Waals surface area contributed by atoms with Crippen LogP contribution in [-0.4, -0.2) is 56.4 Å². The number of fused-ring (bicyclic) bond motifs is 1. The summed E-state index contributed by atoms with van der Waals surface area (Å²) >= 11 is 2.16. The van der Waals surface area contributed by atoms with E-state index in [1.54, 1.807) is 0 Å². The van der Waals surface area contributed by atoms with Gasteiger partial charge >= 0.3 is 0 Å². The van der Waals surface area contributed by atoms with Crippen molar-refractivity contribution < 1.29 is 0 Å². The monoisotopic (exact) mass is 398 g/mol. The maximum Gasteiger partial charge on any atom is 0.227 e. The second kappa shape index (κ2) is 7.58. The first-order chi connectivity index (χ1) is 13.7. The van der Waals surface area contributed by atoms with E-state index in [1.165, 1.54) is 42.1 Å². The molecule has 4 heterocycles. The highest BCUT2D eigenvalue weighted by Crippen LogP contribution is 2.39. The fourth-order valence-corrected chi connectivity index (χ4v) is 6.75. The normalized spacial score (nSPS) is 25.9. The quantitative estimate of drug-likeness (QED) is 0.790. The summed E-state index contributed by atoms with van der Waals surface area (Å²) in [6.45, 7) is 5.40. The Hall–Kier alpha value is -1.76. The van der Waals surface area contributed by atoms with Crippen molar-refractivity contribution in [3.63, 3.8) is 0 Å². The summed E-state index contributed by atoms with van der Waals surface area (Å²) < 4.78 is 2.30.